The van der Waals surface area contributed by atoms with E-state index in [4.69, 9.17) is 24.4 Å². The summed E-state index contributed by atoms with van der Waals surface area (Å²) in [6.07, 6.45) is 2.03. The fourth-order valence-corrected chi connectivity index (χ4v) is 2.01. The molecule has 6 nitrogen and oxygen atoms in total. The fourth-order valence-electron chi connectivity index (χ4n) is 1.51. The Bertz CT molecular complexity index is 609. The maximum atomic E-state index is 5.06. The Labute approximate surface area is 151 Å². The van der Waals surface area contributed by atoms with Gasteiger partial charge in [0.05, 0.1) is 5.71 Å². The molecule has 23 heavy (non-hydrogen) atoms. The van der Waals surface area contributed by atoms with Crippen molar-refractivity contribution >= 4 is 57.8 Å². The van der Waals surface area contributed by atoms with Gasteiger partial charge in [0.1, 0.15) is 5.71 Å². The van der Waals surface area contributed by atoms with Gasteiger partial charge in [-0.2, -0.15) is 10.2 Å². The lowest BCUT2D eigenvalue weighted by Crippen LogP contribution is -2.32. The van der Waals surface area contributed by atoms with Crippen molar-refractivity contribution in [3.8, 4) is 0 Å². The van der Waals surface area contributed by atoms with E-state index in [0.29, 0.717) is 21.6 Å². The van der Waals surface area contributed by atoms with Crippen LogP contribution in [0.3, 0.4) is 0 Å². The molecular formula is C14H20N6S3. The maximum absolute atomic E-state index is 5.06. The Kier molecular flexibility index (Phi) is 8.52. The molecule has 124 valence electrons. The second kappa shape index (κ2) is 10.1. The molecule has 0 aliphatic heterocycles. The van der Waals surface area contributed by atoms with Crippen LogP contribution in [0, 0.1) is 0 Å². The molecule has 1 aromatic carbocycles. The van der Waals surface area contributed by atoms with Gasteiger partial charge in [0, 0.05) is 24.6 Å². The SMILES string of the molecule is CNC(=S)NN=C(C)C(=NNC(=S)NC)c1ccc(SC)cc1. The van der Waals surface area contributed by atoms with Gasteiger partial charge in [-0.15, -0.1) is 11.8 Å². The summed E-state index contributed by atoms with van der Waals surface area (Å²) in [4.78, 5) is 1.18. The number of benzene rings is 1. The highest BCUT2D eigenvalue weighted by molar-refractivity contribution is 7.98. The molecule has 9 heteroatoms. The van der Waals surface area contributed by atoms with E-state index in [2.05, 4.69) is 31.7 Å². The summed E-state index contributed by atoms with van der Waals surface area (Å²) in [5.74, 6) is 0. The van der Waals surface area contributed by atoms with E-state index in [1.807, 2.05) is 37.4 Å². The molecule has 1 aromatic rings. The molecule has 0 heterocycles. The lowest BCUT2D eigenvalue weighted by Gasteiger charge is -2.10. The van der Waals surface area contributed by atoms with E-state index >= 15 is 0 Å². The average Bonchev–Trinajstić information content (AvgIpc) is 2.59. The van der Waals surface area contributed by atoms with Crippen molar-refractivity contribution in [2.45, 2.75) is 11.8 Å². The minimum atomic E-state index is 0.426. The van der Waals surface area contributed by atoms with E-state index in [0.717, 1.165) is 5.56 Å². The molecule has 1 rings (SSSR count). The Morgan fingerprint density at radius 3 is 1.96 bits per heavy atom. The summed E-state index contributed by atoms with van der Waals surface area (Å²) in [5, 5.41) is 15.1. The number of hydrazone groups is 2. The largest absolute Gasteiger partial charge is 0.364 e. The minimum Gasteiger partial charge on any atom is -0.364 e. The zero-order valence-corrected chi connectivity index (χ0v) is 15.9. The van der Waals surface area contributed by atoms with Gasteiger partial charge in [-0.1, -0.05) is 12.1 Å². The van der Waals surface area contributed by atoms with Gasteiger partial charge in [0.25, 0.3) is 0 Å². The van der Waals surface area contributed by atoms with Gasteiger partial charge in [0.15, 0.2) is 10.2 Å². The van der Waals surface area contributed by atoms with Crippen molar-refractivity contribution < 1.29 is 0 Å². The molecule has 0 spiro atoms. The van der Waals surface area contributed by atoms with Crippen LogP contribution in [0.1, 0.15) is 12.5 Å². The summed E-state index contributed by atoms with van der Waals surface area (Å²) in [7, 11) is 3.45. The van der Waals surface area contributed by atoms with Gasteiger partial charge in [-0.3, -0.25) is 10.9 Å². The third-order valence-electron chi connectivity index (χ3n) is 2.75. The van der Waals surface area contributed by atoms with Crippen molar-refractivity contribution in [2.75, 3.05) is 20.4 Å². The van der Waals surface area contributed by atoms with E-state index < -0.39 is 0 Å². The van der Waals surface area contributed by atoms with E-state index in [-0.39, 0.29) is 0 Å². The van der Waals surface area contributed by atoms with Gasteiger partial charge in [0.2, 0.25) is 0 Å². The number of hydrogen-bond donors (Lipinski definition) is 4. The van der Waals surface area contributed by atoms with E-state index in [1.165, 1.54) is 4.90 Å². The predicted octanol–water partition coefficient (Wildman–Crippen LogP) is 1.68. The van der Waals surface area contributed by atoms with Crippen LogP contribution < -0.4 is 21.5 Å². The highest BCUT2D eigenvalue weighted by Gasteiger charge is 2.09. The Hall–Kier alpha value is -1.71. The number of nitrogens with zero attached hydrogens (tertiary/aromatic N) is 2. The van der Waals surface area contributed by atoms with Crippen molar-refractivity contribution in [2.24, 2.45) is 10.2 Å². The van der Waals surface area contributed by atoms with Crippen molar-refractivity contribution in [3.63, 3.8) is 0 Å². The number of thiocarbonyl (C=S) groups is 2. The highest BCUT2D eigenvalue weighted by atomic mass is 32.2. The second-order valence-electron chi connectivity index (χ2n) is 4.27. The first-order valence-corrected chi connectivity index (χ1v) is 8.78. The normalized spacial score (nSPS) is 11.7. The van der Waals surface area contributed by atoms with Gasteiger partial charge in [-0.05, 0) is 49.7 Å². The topological polar surface area (TPSA) is 72.8 Å². The number of nitrogens with one attached hydrogen (secondary N) is 4. The van der Waals surface area contributed by atoms with Crippen molar-refractivity contribution in [1.82, 2.24) is 21.5 Å². The number of hydrogen-bond acceptors (Lipinski definition) is 5. The maximum Gasteiger partial charge on any atom is 0.186 e. The quantitative estimate of drug-likeness (QED) is 0.273. The van der Waals surface area contributed by atoms with Crippen LogP contribution in [0.15, 0.2) is 39.4 Å². The van der Waals surface area contributed by atoms with Crippen LogP contribution in [0.5, 0.6) is 0 Å². The summed E-state index contributed by atoms with van der Waals surface area (Å²) in [5.41, 5.74) is 7.81. The van der Waals surface area contributed by atoms with Crippen LogP contribution >= 0.6 is 36.2 Å². The molecule has 0 aliphatic rings. The molecule has 0 fully saturated rings. The highest BCUT2D eigenvalue weighted by Crippen LogP contribution is 2.15. The lowest BCUT2D eigenvalue weighted by atomic mass is 10.1. The molecule has 0 unspecified atom stereocenters. The third kappa shape index (κ3) is 6.51. The lowest BCUT2D eigenvalue weighted by molar-refractivity contribution is 0.966. The molecule has 0 radical (unpaired) electrons. The molecule has 0 bridgehead atoms. The first-order chi connectivity index (χ1) is 11.0. The van der Waals surface area contributed by atoms with Crippen LogP contribution in [0.4, 0.5) is 0 Å². The number of rotatable bonds is 5. The first kappa shape index (κ1) is 19.3. The minimum absolute atomic E-state index is 0.426. The van der Waals surface area contributed by atoms with Crippen molar-refractivity contribution in [1.29, 1.82) is 0 Å². The average molecular weight is 369 g/mol. The second-order valence-corrected chi connectivity index (χ2v) is 5.96. The standard InChI is InChI=1S/C14H20N6S3/c1-9(17-19-13(21)15-2)12(18-20-14(22)16-3)10-5-7-11(23-4)8-6-10/h5-8H,1-4H3,(H2,15,19,21)(H2,16,20,22). The Balaban J connectivity index is 3.09. The summed E-state index contributed by atoms with van der Waals surface area (Å²) in [6.45, 7) is 1.84. The molecule has 0 atom stereocenters. The molecule has 0 aromatic heterocycles. The summed E-state index contributed by atoms with van der Waals surface area (Å²) >= 11 is 11.8. The van der Waals surface area contributed by atoms with Gasteiger partial charge >= 0.3 is 0 Å². The summed E-state index contributed by atoms with van der Waals surface area (Å²) in [6, 6.07) is 8.05. The van der Waals surface area contributed by atoms with Crippen LogP contribution in [0.25, 0.3) is 0 Å². The zero-order chi connectivity index (χ0) is 17.2. The smallest absolute Gasteiger partial charge is 0.186 e. The number of thioether (sulfide) groups is 1. The van der Waals surface area contributed by atoms with Gasteiger partial charge < -0.3 is 10.6 Å². The molecule has 0 amide bonds. The molecule has 4 N–H and O–H groups in total. The Morgan fingerprint density at radius 1 is 0.957 bits per heavy atom. The van der Waals surface area contributed by atoms with Crippen LogP contribution in [-0.4, -0.2) is 42.0 Å². The predicted molar refractivity (Wildman–Crippen MR) is 107 cm³/mol. The van der Waals surface area contributed by atoms with Crippen LogP contribution in [-0.2, 0) is 0 Å². The fraction of sp³-hybridized carbons (Fsp3) is 0.286. The summed E-state index contributed by atoms with van der Waals surface area (Å²) < 4.78 is 0. The van der Waals surface area contributed by atoms with Gasteiger partial charge in [-0.25, -0.2) is 0 Å². The third-order valence-corrected chi connectivity index (χ3v) is 4.09. The Morgan fingerprint density at radius 2 is 1.48 bits per heavy atom. The molecule has 0 aliphatic carbocycles. The van der Waals surface area contributed by atoms with Crippen molar-refractivity contribution in [3.05, 3.63) is 29.8 Å². The van der Waals surface area contributed by atoms with E-state index in [9.17, 15) is 0 Å². The molecule has 0 saturated carbocycles. The monoisotopic (exact) mass is 368 g/mol. The zero-order valence-electron chi connectivity index (χ0n) is 13.4. The molecular weight excluding hydrogens is 348 g/mol. The first-order valence-electron chi connectivity index (χ1n) is 6.74. The van der Waals surface area contributed by atoms with Crippen LogP contribution in [0.2, 0.25) is 0 Å². The van der Waals surface area contributed by atoms with E-state index in [1.54, 1.807) is 25.9 Å². The molecule has 0 saturated heterocycles.